The summed E-state index contributed by atoms with van der Waals surface area (Å²) in [4.78, 5) is 2.09. The third-order valence-corrected chi connectivity index (χ3v) is 2.21. The molecule has 0 aliphatic heterocycles. The summed E-state index contributed by atoms with van der Waals surface area (Å²) < 4.78 is 0. The molecule has 5 heteroatoms. The number of hydrazone groups is 1. The summed E-state index contributed by atoms with van der Waals surface area (Å²) in [6.45, 7) is 9.53. The molecule has 0 aliphatic rings. The van der Waals surface area contributed by atoms with E-state index in [1.165, 1.54) is 0 Å². The Labute approximate surface area is 92.0 Å². The van der Waals surface area contributed by atoms with E-state index in [-0.39, 0.29) is 0 Å². The minimum absolute atomic E-state index is 0.740. The SMILES string of the molecule is C/C=N\N/C(=C(/C)N(C)O)N(CC)CC. The minimum Gasteiger partial charge on any atom is -0.356 e. The third kappa shape index (κ3) is 4.20. The lowest BCUT2D eigenvalue weighted by Gasteiger charge is -2.27. The van der Waals surface area contributed by atoms with Crippen molar-refractivity contribution in [2.75, 3.05) is 20.1 Å². The van der Waals surface area contributed by atoms with Crippen LogP contribution in [-0.4, -0.2) is 41.5 Å². The Kier molecular flexibility index (Phi) is 6.53. The predicted octanol–water partition coefficient (Wildman–Crippen LogP) is 1.43. The molecule has 5 nitrogen and oxygen atoms in total. The maximum Gasteiger partial charge on any atom is 0.144 e. The summed E-state index contributed by atoms with van der Waals surface area (Å²) in [5.41, 5.74) is 3.67. The highest BCUT2D eigenvalue weighted by atomic mass is 16.5. The van der Waals surface area contributed by atoms with Gasteiger partial charge in [-0.15, -0.1) is 0 Å². The summed E-state index contributed by atoms with van der Waals surface area (Å²) >= 11 is 0. The van der Waals surface area contributed by atoms with E-state index in [1.54, 1.807) is 13.3 Å². The Morgan fingerprint density at radius 2 is 1.93 bits per heavy atom. The normalized spacial score (nSPS) is 12.7. The number of hydrogen-bond donors (Lipinski definition) is 2. The van der Waals surface area contributed by atoms with Gasteiger partial charge in [-0.2, -0.15) is 5.10 Å². The molecular formula is C10H22N4O. The first-order valence-corrected chi connectivity index (χ1v) is 5.20. The van der Waals surface area contributed by atoms with Gasteiger partial charge in [-0.3, -0.25) is 15.7 Å². The van der Waals surface area contributed by atoms with Crippen LogP contribution >= 0.6 is 0 Å². The number of allylic oxidation sites excluding steroid dienone is 1. The molecule has 0 spiro atoms. The lowest BCUT2D eigenvalue weighted by molar-refractivity contribution is -0.0317. The van der Waals surface area contributed by atoms with Crippen molar-refractivity contribution in [2.24, 2.45) is 5.10 Å². The highest BCUT2D eigenvalue weighted by Gasteiger charge is 2.10. The molecule has 0 heterocycles. The van der Waals surface area contributed by atoms with E-state index in [0.29, 0.717) is 0 Å². The molecule has 0 radical (unpaired) electrons. The van der Waals surface area contributed by atoms with Crippen LogP contribution in [0.25, 0.3) is 0 Å². The summed E-state index contributed by atoms with van der Waals surface area (Å²) in [7, 11) is 1.59. The van der Waals surface area contributed by atoms with Crippen LogP contribution in [0.1, 0.15) is 27.7 Å². The van der Waals surface area contributed by atoms with E-state index in [4.69, 9.17) is 0 Å². The van der Waals surface area contributed by atoms with Gasteiger partial charge < -0.3 is 4.90 Å². The monoisotopic (exact) mass is 214 g/mol. The topological polar surface area (TPSA) is 51.1 Å². The van der Waals surface area contributed by atoms with Gasteiger partial charge >= 0.3 is 0 Å². The van der Waals surface area contributed by atoms with Crippen LogP contribution in [0.5, 0.6) is 0 Å². The van der Waals surface area contributed by atoms with Gasteiger partial charge in [-0.25, -0.2) is 0 Å². The fourth-order valence-electron chi connectivity index (χ4n) is 1.20. The Balaban J connectivity index is 4.93. The van der Waals surface area contributed by atoms with Crippen molar-refractivity contribution in [1.82, 2.24) is 15.4 Å². The first kappa shape index (κ1) is 13.8. The van der Waals surface area contributed by atoms with Crippen LogP contribution in [0.4, 0.5) is 0 Å². The Morgan fingerprint density at radius 3 is 2.27 bits per heavy atom. The lowest BCUT2D eigenvalue weighted by Crippen LogP contribution is -2.33. The highest BCUT2D eigenvalue weighted by Crippen LogP contribution is 2.08. The molecule has 0 rings (SSSR count). The van der Waals surface area contributed by atoms with Gasteiger partial charge in [0.1, 0.15) is 5.82 Å². The smallest absolute Gasteiger partial charge is 0.144 e. The molecule has 0 aromatic rings. The summed E-state index contributed by atoms with van der Waals surface area (Å²) in [6, 6.07) is 0. The van der Waals surface area contributed by atoms with E-state index in [1.807, 2.05) is 13.8 Å². The molecule has 0 amide bonds. The second-order valence-corrected chi connectivity index (χ2v) is 3.13. The van der Waals surface area contributed by atoms with Gasteiger partial charge in [-0.05, 0) is 27.7 Å². The standard InChI is InChI=1S/C10H22N4O/c1-6-11-12-10(9(4)13(5)15)14(7-2)8-3/h6,12,15H,7-8H2,1-5H3/b10-9+,11-6-. The molecule has 0 aromatic heterocycles. The van der Waals surface area contributed by atoms with Gasteiger partial charge in [-0.1, -0.05) is 0 Å². The quantitative estimate of drug-likeness (QED) is 0.519. The molecule has 0 unspecified atom stereocenters. The van der Waals surface area contributed by atoms with E-state index in [2.05, 4.69) is 29.3 Å². The zero-order valence-corrected chi connectivity index (χ0v) is 10.3. The zero-order valence-electron chi connectivity index (χ0n) is 10.3. The molecule has 88 valence electrons. The molecule has 0 bridgehead atoms. The van der Waals surface area contributed by atoms with Crippen molar-refractivity contribution >= 4 is 6.21 Å². The molecule has 2 N–H and O–H groups in total. The molecule has 0 aliphatic carbocycles. The number of nitrogens with zero attached hydrogens (tertiary/aromatic N) is 3. The van der Waals surface area contributed by atoms with Crippen molar-refractivity contribution in [3.63, 3.8) is 0 Å². The van der Waals surface area contributed by atoms with Crippen LogP contribution in [0.15, 0.2) is 16.6 Å². The van der Waals surface area contributed by atoms with Crippen LogP contribution < -0.4 is 5.43 Å². The first-order chi connectivity index (χ1) is 7.08. The molecule has 0 atom stereocenters. The van der Waals surface area contributed by atoms with Crippen molar-refractivity contribution in [3.8, 4) is 0 Å². The largest absolute Gasteiger partial charge is 0.356 e. The maximum absolute atomic E-state index is 9.39. The van der Waals surface area contributed by atoms with Gasteiger partial charge in [0.2, 0.25) is 0 Å². The Morgan fingerprint density at radius 1 is 1.40 bits per heavy atom. The summed E-state index contributed by atoms with van der Waals surface area (Å²) in [5, 5.41) is 14.5. The molecule has 0 aromatic carbocycles. The number of hydroxylamine groups is 2. The second kappa shape index (κ2) is 7.11. The second-order valence-electron chi connectivity index (χ2n) is 3.13. The van der Waals surface area contributed by atoms with Gasteiger partial charge in [0.25, 0.3) is 0 Å². The van der Waals surface area contributed by atoms with E-state index in [0.717, 1.165) is 29.7 Å². The van der Waals surface area contributed by atoms with Gasteiger partial charge in [0.05, 0.1) is 5.70 Å². The fraction of sp³-hybridized carbons (Fsp3) is 0.700. The lowest BCUT2D eigenvalue weighted by atomic mass is 10.4. The molecule has 0 saturated heterocycles. The van der Waals surface area contributed by atoms with Crippen LogP contribution in [0, 0.1) is 0 Å². The minimum atomic E-state index is 0.740. The van der Waals surface area contributed by atoms with E-state index < -0.39 is 0 Å². The highest BCUT2D eigenvalue weighted by molar-refractivity contribution is 5.52. The zero-order chi connectivity index (χ0) is 11.8. The maximum atomic E-state index is 9.39. The van der Waals surface area contributed by atoms with Crippen molar-refractivity contribution in [1.29, 1.82) is 0 Å². The van der Waals surface area contributed by atoms with E-state index >= 15 is 0 Å². The van der Waals surface area contributed by atoms with Crippen LogP contribution in [0.3, 0.4) is 0 Å². The number of hydrogen-bond acceptors (Lipinski definition) is 5. The molecule has 0 fully saturated rings. The summed E-state index contributed by atoms with van der Waals surface area (Å²) in [5.74, 6) is 0.822. The fourth-order valence-corrected chi connectivity index (χ4v) is 1.20. The van der Waals surface area contributed by atoms with Gasteiger partial charge in [0.15, 0.2) is 0 Å². The van der Waals surface area contributed by atoms with Crippen molar-refractivity contribution in [2.45, 2.75) is 27.7 Å². The molecular weight excluding hydrogens is 192 g/mol. The summed E-state index contributed by atoms with van der Waals surface area (Å²) in [6.07, 6.45) is 1.67. The van der Waals surface area contributed by atoms with Crippen LogP contribution in [-0.2, 0) is 0 Å². The van der Waals surface area contributed by atoms with Gasteiger partial charge in [0, 0.05) is 26.4 Å². The first-order valence-electron chi connectivity index (χ1n) is 5.20. The average Bonchev–Trinajstić information content (AvgIpc) is 2.23. The Hall–Kier alpha value is -1.23. The van der Waals surface area contributed by atoms with Crippen LogP contribution in [0.2, 0.25) is 0 Å². The third-order valence-electron chi connectivity index (χ3n) is 2.21. The van der Waals surface area contributed by atoms with Crippen molar-refractivity contribution < 1.29 is 5.21 Å². The Bertz CT molecular complexity index is 232. The van der Waals surface area contributed by atoms with E-state index in [9.17, 15) is 5.21 Å². The number of rotatable bonds is 6. The average molecular weight is 214 g/mol. The predicted molar refractivity (Wildman–Crippen MR) is 62.5 cm³/mol. The van der Waals surface area contributed by atoms with Crippen molar-refractivity contribution in [3.05, 3.63) is 11.5 Å². The molecule has 15 heavy (non-hydrogen) atoms. The molecule has 0 saturated carbocycles. The number of nitrogens with one attached hydrogen (secondary N) is 1.